The third-order valence-electron chi connectivity index (χ3n) is 2.30. The van der Waals surface area contributed by atoms with Gasteiger partial charge in [-0.3, -0.25) is 0 Å². The minimum Gasteiger partial charge on any atom is -0.351 e. The number of hydrogen-bond donors (Lipinski definition) is 2. The van der Waals surface area contributed by atoms with E-state index in [2.05, 4.69) is 25.9 Å². The molecule has 7 heteroatoms. The largest absolute Gasteiger partial charge is 0.351 e. The molecule has 1 aromatic heterocycles. The summed E-state index contributed by atoms with van der Waals surface area (Å²) < 4.78 is 24.8. The second-order valence-electron chi connectivity index (χ2n) is 3.25. The van der Waals surface area contributed by atoms with Gasteiger partial charge in [0.2, 0.25) is 6.43 Å². The Morgan fingerprint density at radius 2 is 2.31 bits per heavy atom. The van der Waals surface area contributed by atoms with Crippen LogP contribution in [0.15, 0.2) is 0 Å². The molecule has 1 aromatic rings. The number of rotatable bonds is 4. The molecule has 0 unspecified atom stereocenters. The second-order valence-corrected chi connectivity index (χ2v) is 3.25. The number of aromatic nitrogens is 4. The molecule has 1 aliphatic carbocycles. The smallest absolute Gasteiger partial charge is 0.263 e. The zero-order valence-corrected chi connectivity index (χ0v) is 6.80. The lowest BCUT2D eigenvalue weighted by atomic mass is 10.1. The van der Waals surface area contributed by atoms with Gasteiger partial charge in [-0.2, -0.15) is 5.21 Å². The van der Waals surface area contributed by atoms with Gasteiger partial charge in [-0.15, -0.1) is 5.10 Å². The van der Waals surface area contributed by atoms with E-state index in [0.717, 1.165) is 0 Å². The van der Waals surface area contributed by atoms with Crippen LogP contribution < -0.4 is 5.32 Å². The van der Waals surface area contributed by atoms with Gasteiger partial charge in [0, 0.05) is 12.0 Å². The maximum absolute atomic E-state index is 12.4. The highest BCUT2D eigenvalue weighted by molar-refractivity contribution is 5.21. The lowest BCUT2D eigenvalue weighted by Gasteiger charge is -2.12. The number of aromatic amines is 1. The summed E-state index contributed by atoms with van der Waals surface area (Å²) in [6.45, 7) is 0.212. The van der Waals surface area contributed by atoms with Crippen molar-refractivity contribution in [3.63, 3.8) is 0 Å². The van der Waals surface area contributed by atoms with Crippen LogP contribution in [0.2, 0.25) is 0 Å². The van der Waals surface area contributed by atoms with Crippen molar-refractivity contribution in [2.45, 2.75) is 19.3 Å². The van der Waals surface area contributed by atoms with Gasteiger partial charge < -0.3 is 5.32 Å². The summed E-state index contributed by atoms with van der Waals surface area (Å²) in [5.74, 6) is 0.270. The monoisotopic (exact) mass is 189 g/mol. The SMILES string of the molecule is FC(F)C1(CNc2nn[nH]n2)CC1. The highest BCUT2D eigenvalue weighted by Gasteiger charge is 2.50. The van der Waals surface area contributed by atoms with E-state index in [1.807, 2.05) is 0 Å². The molecule has 0 atom stereocenters. The quantitative estimate of drug-likeness (QED) is 0.730. The maximum atomic E-state index is 12.4. The molecular formula is C6H9F2N5. The highest BCUT2D eigenvalue weighted by Crippen LogP contribution is 2.50. The summed E-state index contributed by atoms with van der Waals surface area (Å²) in [4.78, 5) is 0. The molecule has 1 saturated carbocycles. The van der Waals surface area contributed by atoms with Gasteiger partial charge in [0.25, 0.3) is 5.95 Å². The molecule has 0 radical (unpaired) electrons. The van der Waals surface area contributed by atoms with Crippen molar-refractivity contribution in [2.24, 2.45) is 5.41 Å². The number of nitrogens with zero attached hydrogens (tertiary/aromatic N) is 3. The summed E-state index contributed by atoms with van der Waals surface area (Å²) in [5.41, 5.74) is -0.847. The third kappa shape index (κ3) is 1.58. The molecule has 0 spiro atoms. The lowest BCUT2D eigenvalue weighted by molar-refractivity contribution is 0.0687. The number of anilines is 1. The first kappa shape index (κ1) is 8.33. The van der Waals surface area contributed by atoms with Crippen LogP contribution in [0, 0.1) is 5.41 Å². The van der Waals surface area contributed by atoms with Crippen LogP contribution in [-0.2, 0) is 0 Å². The van der Waals surface area contributed by atoms with Crippen LogP contribution in [0.25, 0.3) is 0 Å². The molecule has 0 aliphatic heterocycles. The van der Waals surface area contributed by atoms with Crippen molar-refractivity contribution in [2.75, 3.05) is 11.9 Å². The van der Waals surface area contributed by atoms with E-state index in [4.69, 9.17) is 0 Å². The molecule has 0 aromatic carbocycles. The number of halogens is 2. The lowest BCUT2D eigenvalue weighted by Crippen LogP contribution is -2.23. The van der Waals surface area contributed by atoms with Crippen LogP contribution in [0.3, 0.4) is 0 Å². The average molecular weight is 189 g/mol. The Balaban J connectivity index is 1.86. The first-order valence-corrected chi connectivity index (χ1v) is 3.98. The first-order valence-electron chi connectivity index (χ1n) is 3.98. The Bertz CT molecular complexity index is 269. The molecule has 1 aliphatic rings. The topological polar surface area (TPSA) is 66.5 Å². The molecule has 72 valence electrons. The van der Waals surface area contributed by atoms with Gasteiger partial charge in [-0.25, -0.2) is 8.78 Å². The summed E-state index contributed by atoms with van der Waals surface area (Å²) in [7, 11) is 0. The van der Waals surface area contributed by atoms with E-state index in [-0.39, 0.29) is 12.5 Å². The minimum absolute atomic E-state index is 0.212. The Morgan fingerprint density at radius 1 is 1.54 bits per heavy atom. The normalized spacial score (nSPS) is 19.0. The molecule has 13 heavy (non-hydrogen) atoms. The van der Waals surface area contributed by atoms with Gasteiger partial charge in [0.15, 0.2) is 0 Å². The molecule has 2 N–H and O–H groups in total. The van der Waals surface area contributed by atoms with Crippen molar-refractivity contribution in [1.29, 1.82) is 0 Å². The Morgan fingerprint density at radius 3 is 2.77 bits per heavy atom. The molecule has 0 saturated heterocycles. The van der Waals surface area contributed by atoms with Crippen molar-refractivity contribution >= 4 is 5.95 Å². The second kappa shape index (κ2) is 2.90. The van der Waals surface area contributed by atoms with E-state index in [1.54, 1.807) is 0 Å². The van der Waals surface area contributed by atoms with Crippen molar-refractivity contribution < 1.29 is 8.78 Å². The van der Waals surface area contributed by atoms with Crippen LogP contribution in [0.1, 0.15) is 12.8 Å². The number of nitrogens with one attached hydrogen (secondary N) is 2. The molecule has 1 heterocycles. The fraction of sp³-hybridized carbons (Fsp3) is 0.833. The van der Waals surface area contributed by atoms with Gasteiger partial charge in [0.05, 0.1) is 0 Å². The number of hydrogen-bond acceptors (Lipinski definition) is 4. The van der Waals surface area contributed by atoms with Crippen LogP contribution in [0.4, 0.5) is 14.7 Å². The fourth-order valence-corrected chi connectivity index (χ4v) is 1.12. The van der Waals surface area contributed by atoms with Gasteiger partial charge >= 0.3 is 0 Å². The zero-order chi connectivity index (χ0) is 9.31. The van der Waals surface area contributed by atoms with Crippen molar-refractivity contribution in [1.82, 2.24) is 20.6 Å². The number of H-pyrrole nitrogens is 1. The van der Waals surface area contributed by atoms with Crippen LogP contribution >= 0.6 is 0 Å². The van der Waals surface area contributed by atoms with Crippen molar-refractivity contribution in [3.8, 4) is 0 Å². The summed E-state index contributed by atoms with van der Waals surface area (Å²) in [6, 6.07) is 0. The summed E-state index contributed by atoms with van der Waals surface area (Å²) >= 11 is 0. The fourth-order valence-electron chi connectivity index (χ4n) is 1.12. The average Bonchev–Trinajstić information content (AvgIpc) is 2.73. The Kier molecular flexibility index (Phi) is 1.86. The van der Waals surface area contributed by atoms with Gasteiger partial charge in [-0.1, -0.05) is 5.10 Å². The summed E-state index contributed by atoms with van der Waals surface area (Å²) in [6.07, 6.45) is -1.14. The number of tetrazole rings is 1. The first-order chi connectivity index (χ1) is 6.23. The predicted octanol–water partition coefficient (Wildman–Crippen LogP) is 0.657. The molecule has 2 rings (SSSR count). The van der Waals surface area contributed by atoms with E-state index in [9.17, 15) is 8.78 Å². The summed E-state index contributed by atoms with van der Waals surface area (Å²) in [5, 5.41) is 15.5. The minimum atomic E-state index is -2.27. The van der Waals surface area contributed by atoms with Crippen molar-refractivity contribution in [3.05, 3.63) is 0 Å². The molecular weight excluding hydrogens is 180 g/mol. The predicted molar refractivity (Wildman–Crippen MR) is 40.3 cm³/mol. The zero-order valence-electron chi connectivity index (χ0n) is 6.80. The Hall–Kier alpha value is -1.27. The van der Waals surface area contributed by atoms with Gasteiger partial charge in [0.1, 0.15) is 0 Å². The molecule has 0 bridgehead atoms. The van der Waals surface area contributed by atoms with Gasteiger partial charge in [-0.05, 0) is 18.1 Å². The standard InChI is InChI=1S/C6H9F2N5/c7-4(8)6(1-2-6)3-9-5-10-12-13-11-5/h4H,1-3H2,(H2,9,10,11,12,13). The molecule has 1 fully saturated rings. The maximum Gasteiger partial charge on any atom is 0.263 e. The van der Waals surface area contributed by atoms with E-state index < -0.39 is 11.8 Å². The highest BCUT2D eigenvalue weighted by atomic mass is 19.3. The Labute approximate surface area is 72.9 Å². The molecule has 0 amide bonds. The molecule has 5 nitrogen and oxygen atoms in total. The number of alkyl halides is 2. The van der Waals surface area contributed by atoms with Crippen LogP contribution in [0.5, 0.6) is 0 Å². The van der Waals surface area contributed by atoms with E-state index in [0.29, 0.717) is 12.8 Å². The van der Waals surface area contributed by atoms with Crippen LogP contribution in [-0.4, -0.2) is 33.6 Å². The van der Waals surface area contributed by atoms with E-state index >= 15 is 0 Å². The van der Waals surface area contributed by atoms with E-state index in [1.165, 1.54) is 0 Å². The third-order valence-corrected chi connectivity index (χ3v) is 2.30.